The van der Waals surface area contributed by atoms with Gasteiger partial charge in [-0.3, -0.25) is 9.20 Å². The van der Waals surface area contributed by atoms with Gasteiger partial charge in [0.1, 0.15) is 22.9 Å². The van der Waals surface area contributed by atoms with Crippen LogP contribution >= 0.6 is 0 Å². The molecule has 0 saturated carbocycles. The Labute approximate surface area is 159 Å². The van der Waals surface area contributed by atoms with Crippen LogP contribution in [0.4, 0.5) is 0 Å². The summed E-state index contributed by atoms with van der Waals surface area (Å²) in [5.74, 6) is -0.190. The third-order valence-corrected chi connectivity index (χ3v) is 3.82. The summed E-state index contributed by atoms with van der Waals surface area (Å²) in [4.78, 5) is 29.1. The van der Waals surface area contributed by atoms with E-state index in [-0.39, 0.29) is 17.0 Å². The molecule has 140 valence electrons. The molecule has 0 unspecified atom stereocenters. The highest BCUT2D eigenvalue weighted by Gasteiger charge is 2.18. The lowest BCUT2D eigenvalue weighted by Crippen LogP contribution is -2.19. The maximum atomic E-state index is 13.0. The van der Waals surface area contributed by atoms with Gasteiger partial charge in [-0.05, 0) is 30.3 Å². The van der Waals surface area contributed by atoms with E-state index in [4.69, 9.17) is 9.47 Å². The molecule has 0 atom stereocenters. The molecule has 3 rings (SSSR count). The Morgan fingerprint density at radius 3 is 2.54 bits per heavy atom. The number of carbonyl (C=O) groups excluding carboxylic acids is 1. The molecule has 2 aromatic heterocycles. The first kappa shape index (κ1) is 18.7. The third-order valence-electron chi connectivity index (χ3n) is 3.82. The lowest BCUT2D eigenvalue weighted by molar-refractivity contribution is -0.135. The number of aromatic nitrogens is 2. The maximum absolute atomic E-state index is 13.0. The maximum Gasteiger partial charge on any atom is 0.348 e. The zero-order valence-corrected chi connectivity index (χ0v) is 15.1. The van der Waals surface area contributed by atoms with Crippen molar-refractivity contribution in [2.75, 3.05) is 14.2 Å². The van der Waals surface area contributed by atoms with Crippen LogP contribution in [0.2, 0.25) is 0 Å². The van der Waals surface area contributed by atoms with Crippen LogP contribution in [0.1, 0.15) is 5.56 Å². The minimum absolute atomic E-state index is 0.0719. The average molecular weight is 377 g/mol. The Kier molecular flexibility index (Phi) is 5.37. The van der Waals surface area contributed by atoms with E-state index < -0.39 is 11.5 Å². The Hall–Kier alpha value is -4.12. The molecular weight excluding hydrogens is 362 g/mol. The second-order valence-electron chi connectivity index (χ2n) is 5.48. The molecule has 0 saturated heterocycles. The fourth-order valence-corrected chi connectivity index (χ4v) is 2.48. The number of nitrogens with zero attached hydrogens (tertiary/aromatic N) is 3. The van der Waals surface area contributed by atoms with Crippen molar-refractivity contribution in [2.45, 2.75) is 0 Å². The van der Waals surface area contributed by atoms with Crippen LogP contribution in [0.25, 0.3) is 11.7 Å². The van der Waals surface area contributed by atoms with Crippen LogP contribution in [0.3, 0.4) is 0 Å². The van der Waals surface area contributed by atoms with Gasteiger partial charge in [0.15, 0.2) is 11.5 Å². The molecule has 0 N–H and O–H groups in total. The molecule has 0 aliphatic heterocycles. The summed E-state index contributed by atoms with van der Waals surface area (Å²) in [7, 11) is 2.63. The second-order valence-corrected chi connectivity index (χ2v) is 5.48. The van der Waals surface area contributed by atoms with Crippen molar-refractivity contribution in [1.29, 1.82) is 5.26 Å². The molecule has 1 aromatic carbocycles. The van der Waals surface area contributed by atoms with Gasteiger partial charge in [-0.25, -0.2) is 4.79 Å². The van der Waals surface area contributed by atoms with Crippen LogP contribution in [0, 0.1) is 11.3 Å². The van der Waals surface area contributed by atoms with Crippen molar-refractivity contribution < 1.29 is 19.0 Å². The standard InChI is InChI=1S/C20H15N3O5/c1-26-15-7-3-4-8-16(15)28-18-14(11-13(12-21)20(25)27-2)19(24)23-10-6-5-9-17(23)22-18/h3-11H,1-2H3/b13-11+. The molecule has 2 heterocycles. The smallest absolute Gasteiger partial charge is 0.348 e. The van der Waals surface area contributed by atoms with Crippen molar-refractivity contribution in [3.05, 3.63) is 70.2 Å². The number of ether oxygens (including phenoxy) is 3. The Morgan fingerprint density at radius 2 is 1.86 bits per heavy atom. The Morgan fingerprint density at radius 1 is 1.14 bits per heavy atom. The van der Waals surface area contributed by atoms with Gasteiger partial charge in [0.25, 0.3) is 5.56 Å². The number of methoxy groups -OCH3 is 2. The molecule has 8 heteroatoms. The van der Waals surface area contributed by atoms with Gasteiger partial charge in [0.2, 0.25) is 5.88 Å². The zero-order valence-electron chi connectivity index (χ0n) is 15.1. The fraction of sp³-hybridized carbons (Fsp3) is 0.100. The first-order chi connectivity index (χ1) is 13.6. The van der Waals surface area contributed by atoms with E-state index in [0.29, 0.717) is 17.1 Å². The van der Waals surface area contributed by atoms with Crippen LogP contribution in [0.5, 0.6) is 17.4 Å². The van der Waals surface area contributed by atoms with Crippen LogP contribution < -0.4 is 15.0 Å². The highest BCUT2D eigenvalue weighted by atomic mass is 16.5. The van der Waals surface area contributed by atoms with Gasteiger partial charge in [0.05, 0.1) is 14.2 Å². The van der Waals surface area contributed by atoms with E-state index in [1.807, 2.05) is 0 Å². The number of hydrogen-bond acceptors (Lipinski definition) is 7. The highest BCUT2D eigenvalue weighted by molar-refractivity contribution is 5.98. The van der Waals surface area contributed by atoms with Gasteiger partial charge in [-0.2, -0.15) is 10.2 Å². The molecule has 0 fully saturated rings. The first-order valence-corrected chi connectivity index (χ1v) is 8.11. The van der Waals surface area contributed by atoms with Gasteiger partial charge in [-0.15, -0.1) is 0 Å². The number of rotatable bonds is 5. The topological polar surface area (TPSA) is 103 Å². The number of pyridine rings is 1. The lowest BCUT2D eigenvalue weighted by Gasteiger charge is -2.12. The SMILES string of the molecule is COC(=O)/C(C#N)=C/c1c(Oc2ccccc2OC)nc2ccccn2c1=O. The van der Waals surface area contributed by atoms with Crippen molar-refractivity contribution in [3.63, 3.8) is 0 Å². The summed E-state index contributed by atoms with van der Waals surface area (Å²) in [6, 6.07) is 13.6. The van der Waals surface area contributed by atoms with Crippen LogP contribution in [-0.2, 0) is 9.53 Å². The van der Waals surface area contributed by atoms with Gasteiger partial charge < -0.3 is 14.2 Å². The summed E-state index contributed by atoms with van der Waals surface area (Å²) in [5, 5.41) is 9.25. The van der Waals surface area contributed by atoms with E-state index in [1.165, 1.54) is 17.7 Å². The lowest BCUT2D eigenvalue weighted by atomic mass is 10.2. The summed E-state index contributed by atoms with van der Waals surface area (Å²) < 4.78 is 16.9. The first-order valence-electron chi connectivity index (χ1n) is 8.11. The summed E-state index contributed by atoms with van der Waals surface area (Å²) in [6.07, 6.45) is 2.63. The molecular formula is C20H15N3O5. The highest BCUT2D eigenvalue weighted by Crippen LogP contribution is 2.31. The predicted octanol–water partition coefficient (Wildman–Crippen LogP) is 2.58. The summed E-state index contributed by atoms with van der Waals surface area (Å²) in [6.45, 7) is 0. The van der Waals surface area contributed by atoms with Crippen molar-refractivity contribution >= 4 is 17.7 Å². The third kappa shape index (κ3) is 3.54. The molecule has 28 heavy (non-hydrogen) atoms. The average Bonchev–Trinajstić information content (AvgIpc) is 2.73. The predicted molar refractivity (Wildman–Crippen MR) is 100 cm³/mol. The summed E-state index contributed by atoms with van der Waals surface area (Å²) in [5.41, 5.74) is -0.600. The number of esters is 1. The van der Waals surface area contributed by atoms with E-state index in [0.717, 1.165) is 13.2 Å². The van der Waals surface area contributed by atoms with E-state index in [9.17, 15) is 14.9 Å². The van der Waals surface area contributed by atoms with Gasteiger partial charge in [-0.1, -0.05) is 18.2 Å². The van der Waals surface area contributed by atoms with Crippen molar-refractivity contribution in [2.24, 2.45) is 0 Å². The Bertz CT molecular complexity index is 1170. The van der Waals surface area contributed by atoms with Gasteiger partial charge >= 0.3 is 5.97 Å². The molecule has 8 nitrogen and oxygen atoms in total. The van der Waals surface area contributed by atoms with E-state index in [1.54, 1.807) is 48.5 Å². The molecule has 0 amide bonds. The minimum atomic E-state index is -0.872. The van der Waals surface area contributed by atoms with Gasteiger partial charge in [0, 0.05) is 6.20 Å². The van der Waals surface area contributed by atoms with Crippen LogP contribution in [0.15, 0.2) is 59.0 Å². The second kappa shape index (κ2) is 8.05. The zero-order chi connectivity index (χ0) is 20.1. The molecule has 0 aliphatic carbocycles. The normalized spacial score (nSPS) is 11.0. The summed E-state index contributed by atoms with van der Waals surface area (Å²) >= 11 is 0. The number of para-hydroxylation sites is 2. The number of hydrogen-bond donors (Lipinski definition) is 0. The molecule has 0 bridgehead atoms. The largest absolute Gasteiger partial charge is 0.493 e. The quantitative estimate of drug-likeness (QED) is 0.382. The minimum Gasteiger partial charge on any atom is -0.493 e. The van der Waals surface area contributed by atoms with Crippen molar-refractivity contribution in [3.8, 4) is 23.4 Å². The molecule has 3 aromatic rings. The molecule has 0 aliphatic rings. The van der Waals surface area contributed by atoms with Crippen LogP contribution in [-0.4, -0.2) is 29.6 Å². The Balaban J connectivity index is 2.26. The van der Waals surface area contributed by atoms with E-state index in [2.05, 4.69) is 9.72 Å². The number of nitriles is 1. The number of carbonyl (C=O) groups is 1. The molecule has 0 spiro atoms. The molecule has 0 radical (unpaired) electrons. The van der Waals surface area contributed by atoms with E-state index >= 15 is 0 Å². The monoisotopic (exact) mass is 377 g/mol. The number of fused-ring (bicyclic) bond motifs is 1. The van der Waals surface area contributed by atoms with Crippen molar-refractivity contribution in [1.82, 2.24) is 9.38 Å². The fourth-order valence-electron chi connectivity index (χ4n) is 2.48. The number of benzene rings is 1.